The van der Waals surface area contributed by atoms with Crippen molar-refractivity contribution in [2.75, 3.05) is 20.0 Å². The molecule has 5 heteroatoms. The van der Waals surface area contributed by atoms with E-state index >= 15 is 0 Å². The molecule has 2 rings (SSSR count). The fourth-order valence-electron chi connectivity index (χ4n) is 2.20. The van der Waals surface area contributed by atoms with E-state index in [1.54, 1.807) is 49.6 Å². The maximum absolute atomic E-state index is 12.5. The number of aryl methyl sites for hydroxylation is 1. The normalized spacial score (nSPS) is 11.1. The van der Waals surface area contributed by atoms with Crippen molar-refractivity contribution in [2.45, 2.75) is 11.8 Å². The Morgan fingerprint density at radius 2 is 1.61 bits per heavy atom. The zero-order valence-corrected chi connectivity index (χ0v) is 14.3. The van der Waals surface area contributed by atoms with Gasteiger partial charge in [-0.25, -0.2) is 8.42 Å². The first kappa shape index (κ1) is 17.1. The largest absolute Gasteiger partial charge is 0.493 e. The highest BCUT2D eigenvalue weighted by Crippen LogP contribution is 2.30. The molecule has 0 aliphatic carbocycles. The van der Waals surface area contributed by atoms with Gasteiger partial charge in [-0.05, 0) is 42.3 Å². The lowest BCUT2D eigenvalue weighted by atomic mass is 10.1. The highest BCUT2D eigenvalue weighted by atomic mass is 32.2. The molecule has 0 heterocycles. The van der Waals surface area contributed by atoms with Crippen LogP contribution in [0.25, 0.3) is 5.57 Å². The molecule has 0 atom stereocenters. The SMILES string of the molecule is C=C(CS(=O)(=O)c1ccc(C)cc1)c1ccc(OC)c(OC)c1. The van der Waals surface area contributed by atoms with Crippen LogP contribution in [0.2, 0.25) is 0 Å². The zero-order chi connectivity index (χ0) is 17.0. The van der Waals surface area contributed by atoms with Gasteiger partial charge in [-0.3, -0.25) is 0 Å². The minimum Gasteiger partial charge on any atom is -0.493 e. The summed E-state index contributed by atoms with van der Waals surface area (Å²) in [5, 5.41) is 0. The topological polar surface area (TPSA) is 52.6 Å². The van der Waals surface area contributed by atoms with Crippen molar-refractivity contribution in [3.63, 3.8) is 0 Å². The standard InChI is InChI=1S/C18H20O4S/c1-13-5-8-16(9-6-13)23(19,20)12-14(2)15-7-10-17(21-3)18(11-15)22-4/h5-11H,2,12H2,1,3-4H3. The molecular formula is C18H20O4S. The van der Waals surface area contributed by atoms with Gasteiger partial charge < -0.3 is 9.47 Å². The molecule has 2 aromatic rings. The van der Waals surface area contributed by atoms with E-state index in [-0.39, 0.29) is 5.75 Å². The second-order valence-electron chi connectivity index (χ2n) is 5.25. The number of sulfone groups is 1. The van der Waals surface area contributed by atoms with Crippen LogP contribution in [0.15, 0.2) is 53.9 Å². The van der Waals surface area contributed by atoms with E-state index in [9.17, 15) is 8.42 Å². The molecule has 0 spiro atoms. The smallest absolute Gasteiger partial charge is 0.182 e. The third kappa shape index (κ3) is 3.93. The number of benzene rings is 2. The third-order valence-electron chi connectivity index (χ3n) is 3.54. The van der Waals surface area contributed by atoms with E-state index in [2.05, 4.69) is 6.58 Å². The summed E-state index contributed by atoms with van der Waals surface area (Å²) in [4.78, 5) is 0.296. The van der Waals surface area contributed by atoms with Gasteiger partial charge in [0.15, 0.2) is 21.3 Å². The summed E-state index contributed by atoms with van der Waals surface area (Å²) in [6.07, 6.45) is 0. The van der Waals surface area contributed by atoms with Gasteiger partial charge in [0, 0.05) is 0 Å². The average molecular weight is 332 g/mol. The fraction of sp³-hybridized carbons (Fsp3) is 0.222. The minimum atomic E-state index is -3.43. The van der Waals surface area contributed by atoms with Crippen LogP contribution in [0.1, 0.15) is 11.1 Å². The van der Waals surface area contributed by atoms with Crippen LogP contribution in [0, 0.1) is 6.92 Å². The van der Waals surface area contributed by atoms with Gasteiger partial charge in [-0.15, -0.1) is 0 Å². The second kappa shape index (κ2) is 6.87. The molecule has 0 amide bonds. The summed E-state index contributed by atoms with van der Waals surface area (Å²) in [7, 11) is -0.346. The second-order valence-corrected chi connectivity index (χ2v) is 7.24. The molecule has 0 radical (unpaired) electrons. The summed E-state index contributed by atoms with van der Waals surface area (Å²) in [6, 6.07) is 12.0. The van der Waals surface area contributed by atoms with Gasteiger partial charge in [-0.2, -0.15) is 0 Å². The first-order valence-electron chi connectivity index (χ1n) is 7.07. The predicted octanol–water partition coefficient (Wildman–Crippen LogP) is 3.50. The molecule has 122 valence electrons. The molecule has 0 N–H and O–H groups in total. The Balaban J connectivity index is 2.26. The maximum atomic E-state index is 12.5. The molecule has 0 unspecified atom stereocenters. The molecule has 0 saturated heterocycles. The Bertz CT molecular complexity index is 805. The van der Waals surface area contributed by atoms with Gasteiger partial charge >= 0.3 is 0 Å². The van der Waals surface area contributed by atoms with E-state index in [0.29, 0.717) is 27.5 Å². The molecule has 2 aromatic carbocycles. The van der Waals surface area contributed by atoms with Crippen LogP contribution < -0.4 is 9.47 Å². The van der Waals surface area contributed by atoms with Crippen molar-refractivity contribution in [3.8, 4) is 11.5 Å². The predicted molar refractivity (Wildman–Crippen MR) is 91.8 cm³/mol. The van der Waals surface area contributed by atoms with E-state index in [1.165, 1.54) is 7.11 Å². The van der Waals surface area contributed by atoms with Crippen LogP contribution >= 0.6 is 0 Å². The molecule has 0 saturated carbocycles. The Hall–Kier alpha value is -2.27. The molecular weight excluding hydrogens is 312 g/mol. The monoisotopic (exact) mass is 332 g/mol. The summed E-state index contributed by atoms with van der Waals surface area (Å²) in [5.74, 6) is 0.982. The first-order chi connectivity index (χ1) is 10.9. The van der Waals surface area contributed by atoms with Gasteiger partial charge in [0.2, 0.25) is 0 Å². The lowest BCUT2D eigenvalue weighted by Crippen LogP contribution is -2.08. The minimum absolute atomic E-state index is 0.147. The fourth-order valence-corrected chi connectivity index (χ4v) is 3.54. The highest BCUT2D eigenvalue weighted by molar-refractivity contribution is 7.91. The van der Waals surface area contributed by atoms with E-state index < -0.39 is 9.84 Å². The average Bonchev–Trinajstić information content (AvgIpc) is 2.54. The van der Waals surface area contributed by atoms with Crippen LogP contribution in [-0.4, -0.2) is 28.4 Å². The zero-order valence-electron chi connectivity index (χ0n) is 13.5. The summed E-state index contributed by atoms with van der Waals surface area (Å²) < 4.78 is 35.4. The Labute approximate surface area is 137 Å². The van der Waals surface area contributed by atoms with Crippen LogP contribution in [-0.2, 0) is 9.84 Å². The van der Waals surface area contributed by atoms with Crippen LogP contribution in [0.4, 0.5) is 0 Å². The lowest BCUT2D eigenvalue weighted by Gasteiger charge is -2.12. The van der Waals surface area contributed by atoms with Gasteiger partial charge in [-0.1, -0.05) is 30.3 Å². The molecule has 0 aromatic heterocycles. The van der Waals surface area contributed by atoms with Crippen molar-refractivity contribution in [1.29, 1.82) is 0 Å². The Morgan fingerprint density at radius 3 is 2.17 bits per heavy atom. The number of hydrogen-bond donors (Lipinski definition) is 0. The molecule has 0 bridgehead atoms. The van der Waals surface area contributed by atoms with E-state index in [0.717, 1.165) is 5.56 Å². The van der Waals surface area contributed by atoms with Crippen molar-refractivity contribution in [1.82, 2.24) is 0 Å². The van der Waals surface area contributed by atoms with Gasteiger partial charge in [0.25, 0.3) is 0 Å². The molecule has 4 nitrogen and oxygen atoms in total. The van der Waals surface area contributed by atoms with Crippen molar-refractivity contribution >= 4 is 15.4 Å². The first-order valence-corrected chi connectivity index (χ1v) is 8.72. The van der Waals surface area contributed by atoms with E-state index in [1.807, 2.05) is 6.92 Å². The van der Waals surface area contributed by atoms with Crippen LogP contribution in [0.3, 0.4) is 0 Å². The van der Waals surface area contributed by atoms with Gasteiger partial charge in [0.05, 0.1) is 24.9 Å². The van der Waals surface area contributed by atoms with Gasteiger partial charge in [0.1, 0.15) is 0 Å². The van der Waals surface area contributed by atoms with Crippen molar-refractivity contribution in [2.24, 2.45) is 0 Å². The molecule has 0 fully saturated rings. The van der Waals surface area contributed by atoms with E-state index in [4.69, 9.17) is 9.47 Å². The number of rotatable bonds is 6. The van der Waals surface area contributed by atoms with Crippen LogP contribution in [0.5, 0.6) is 11.5 Å². The maximum Gasteiger partial charge on any atom is 0.182 e. The molecule has 23 heavy (non-hydrogen) atoms. The highest BCUT2D eigenvalue weighted by Gasteiger charge is 2.17. The summed E-state index contributed by atoms with van der Waals surface area (Å²) in [5.41, 5.74) is 2.23. The quantitative estimate of drug-likeness (QED) is 0.812. The summed E-state index contributed by atoms with van der Waals surface area (Å²) >= 11 is 0. The summed E-state index contributed by atoms with van der Waals surface area (Å²) in [6.45, 7) is 5.82. The van der Waals surface area contributed by atoms with Crippen molar-refractivity contribution < 1.29 is 17.9 Å². The number of methoxy groups -OCH3 is 2. The number of ether oxygens (including phenoxy) is 2. The molecule has 0 aliphatic rings. The Morgan fingerprint density at radius 1 is 1.00 bits per heavy atom. The lowest BCUT2D eigenvalue weighted by molar-refractivity contribution is 0.355. The Kier molecular flexibility index (Phi) is 5.11. The number of hydrogen-bond acceptors (Lipinski definition) is 4. The molecule has 0 aliphatic heterocycles. The van der Waals surface area contributed by atoms with Crippen molar-refractivity contribution in [3.05, 3.63) is 60.2 Å². The third-order valence-corrected chi connectivity index (χ3v) is 5.26.